The Labute approximate surface area is 131 Å². The van der Waals surface area contributed by atoms with Gasteiger partial charge >= 0.3 is 6.03 Å². The van der Waals surface area contributed by atoms with Crippen LogP contribution < -0.4 is 5.32 Å². The zero-order valence-electron chi connectivity index (χ0n) is 11.6. The highest BCUT2D eigenvalue weighted by atomic mass is 32.1. The summed E-state index contributed by atoms with van der Waals surface area (Å²) in [6.45, 7) is 1.08. The number of carbonyl (C=O) groups is 1. The summed E-state index contributed by atoms with van der Waals surface area (Å²) >= 11 is 3.26. The number of hydrogen-bond donors (Lipinski definition) is 1. The topological polar surface area (TPSA) is 45.2 Å². The number of amides is 2. The quantitative estimate of drug-likeness (QED) is 0.797. The van der Waals surface area contributed by atoms with Gasteiger partial charge < -0.3 is 10.2 Å². The number of thiazole rings is 1. The maximum absolute atomic E-state index is 12.1. The third-order valence-electron chi connectivity index (χ3n) is 3.19. The van der Waals surface area contributed by atoms with Gasteiger partial charge in [-0.15, -0.1) is 22.7 Å². The van der Waals surface area contributed by atoms with Gasteiger partial charge in [0.2, 0.25) is 0 Å². The fraction of sp³-hybridized carbons (Fsp3) is 0.200. The van der Waals surface area contributed by atoms with Gasteiger partial charge in [0.1, 0.15) is 5.01 Å². The van der Waals surface area contributed by atoms with Gasteiger partial charge in [-0.1, -0.05) is 18.2 Å². The third-order valence-corrected chi connectivity index (χ3v) is 4.97. The molecule has 0 atom stereocenters. The molecule has 21 heavy (non-hydrogen) atoms. The first-order valence-electron chi connectivity index (χ1n) is 6.56. The van der Waals surface area contributed by atoms with E-state index in [2.05, 4.69) is 27.8 Å². The highest BCUT2D eigenvalue weighted by Crippen LogP contribution is 2.25. The van der Waals surface area contributed by atoms with E-state index in [1.165, 1.54) is 10.1 Å². The van der Waals surface area contributed by atoms with Crippen LogP contribution in [0.25, 0.3) is 10.1 Å². The van der Waals surface area contributed by atoms with E-state index in [1.54, 1.807) is 40.8 Å². The third kappa shape index (κ3) is 3.22. The monoisotopic (exact) mass is 317 g/mol. The fourth-order valence-corrected chi connectivity index (χ4v) is 3.71. The molecule has 0 bridgehead atoms. The Kier molecular flexibility index (Phi) is 4.17. The highest BCUT2D eigenvalue weighted by Gasteiger charge is 2.11. The second kappa shape index (κ2) is 6.24. The number of nitrogens with zero attached hydrogens (tertiary/aromatic N) is 2. The van der Waals surface area contributed by atoms with Gasteiger partial charge in [0.15, 0.2) is 0 Å². The van der Waals surface area contributed by atoms with Crippen LogP contribution in [0.1, 0.15) is 10.6 Å². The Morgan fingerprint density at radius 2 is 2.19 bits per heavy atom. The van der Waals surface area contributed by atoms with Gasteiger partial charge in [0.25, 0.3) is 0 Å². The number of rotatable bonds is 4. The van der Waals surface area contributed by atoms with E-state index in [-0.39, 0.29) is 6.03 Å². The molecule has 0 aliphatic heterocycles. The Morgan fingerprint density at radius 1 is 1.33 bits per heavy atom. The maximum atomic E-state index is 12.1. The second-order valence-corrected chi connectivity index (χ2v) is 6.59. The molecule has 2 heterocycles. The predicted molar refractivity (Wildman–Crippen MR) is 87.6 cm³/mol. The molecule has 0 fully saturated rings. The summed E-state index contributed by atoms with van der Waals surface area (Å²) in [5.74, 6) is 0. The number of thiophene rings is 1. The SMILES string of the molecule is CN(Cc1nccs1)C(=O)NCc1csc2ccccc12. The number of urea groups is 1. The standard InChI is InChI=1S/C15H15N3OS2/c1-18(9-14-16-6-7-20-14)15(19)17-8-11-10-21-13-5-3-2-4-12(11)13/h2-7,10H,8-9H2,1H3,(H,17,19). The van der Waals surface area contributed by atoms with Crippen LogP contribution in [0.3, 0.4) is 0 Å². The van der Waals surface area contributed by atoms with Crippen LogP contribution in [0.4, 0.5) is 4.79 Å². The number of fused-ring (bicyclic) bond motifs is 1. The molecule has 0 unspecified atom stereocenters. The van der Waals surface area contributed by atoms with Crippen molar-refractivity contribution in [3.8, 4) is 0 Å². The minimum atomic E-state index is -0.0829. The normalized spacial score (nSPS) is 10.7. The number of carbonyl (C=O) groups excluding carboxylic acids is 1. The molecule has 1 aromatic carbocycles. The molecule has 0 spiro atoms. The molecule has 2 amide bonds. The Hall–Kier alpha value is -1.92. The van der Waals surface area contributed by atoms with Gasteiger partial charge in [-0.2, -0.15) is 0 Å². The molecule has 6 heteroatoms. The van der Waals surface area contributed by atoms with Crippen molar-refractivity contribution in [1.29, 1.82) is 0 Å². The number of hydrogen-bond acceptors (Lipinski definition) is 4. The zero-order chi connectivity index (χ0) is 14.7. The van der Waals surface area contributed by atoms with Crippen LogP contribution in [-0.4, -0.2) is 23.0 Å². The highest BCUT2D eigenvalue weighted by molar-refractivity contribution is 7.17. The number of nitrogens with one attached hydrogen (secondary N) is 1. The van der Waals surface area contributed by atoms with Crippen molar-refractivity contribution < 1.29 is 4.79 Å². The summed E-state index contributed by atoms with van der Waals surface area (Å²) in [7, 11) is 1.78. The molecule has 108 valence electrons. The van der Waals surface area contributed by atoms with Crippen LogP contribution in [0, 0.1) is 0 Å². The Balaban J connectivity index is 1.60. The molecule has 2 aromatic heterocycles. The van der Waals surface area contributed by atoms with Crippen LogP contribution in [0.15, 0.2) is 41.2 Å². The molecule has 0 saturated heterocycles. The Morgan fingerprint density at radius 3 is 3.00 bits per heavy atom. The second-order valence-electron chi connectivity index (χ2n) is 4.70. The minimum Gasteiger partial charge on any atom is -0.334 e. The molecule has 0 saturated carbocycles. The van der Waals surface area contributed by atoms with E-state index in [9.17, 15) is 4.79 Å². The first-order valence-corrected chi connectivity index (χ1v) is 8.32. The van der Waals surface area contributed by atoms with Crippen LogP contribution in [0.2, 0.25) is 0 Å². The average molecular weight is 317 g/mol. The van der Waals surface area contributed by atoms with Crippen LogP contribution in [-0.2, 0) is 13.1 Å². The van der Waals surface area contributed by atoms with Crippen molar-refractivity contribution in [1.82, 2.24) is 15.2 Å². The van der Waals surface area contributed by atoms with Crippen molar-refractivity contribution in [3.05, 3.63) is 51.8 Å². The van der Waals surface area contributed by atoms with Crippen LogP contribution in [0.5, 0.6) is 0 Å². The first-order chi connectivity index (χ1) is 10.2. The molecule has 0 radical (unpaired) electrons. The van der Waals surface area contributed by atoms with Crippen molar-refractivity contribution in [2.75, 3.05) is 7.05 Å². The van der Waals surface area contributed by atoms with Gasteiger partial charge in [0.05, 0.1) is 6.54 Å². The van der Waals surface area contributed by atoms with E-state index in [1.807, 2.05) is 17.5 Å². The van der Waals surface area contributed by atoms with Gasteiger partial charge in [-0.3, -0.25) is 0 Å². The number of benzene rings is 1. The first kappa shape index (κ1) is 14.0. The van der Waals surface area contributed by atoms with Gasteiger partial charge in [0, 0.05) is 29.9 Å². The molecular formula is C15H15N3OS2. The van der Waals surface area contributed by atoms with E-state index < -0.39 is 0 Å². The molecular weight excluding hydrogens is 302 g/mol. The molecule has 3 aromatic rings. The fourth-order valence-electron chi connectivity index (χ4n) is 2.08. The van der Waals surface area contributed by atoms with E-state index in [0.29, 0.717) is 13.1 Å². The molecule has 3 rings (SSSR count). The smallest absolute Gasteiger partial charge is 0.317 e. The summed E-state index contributed by atoms with van der Waals surface area (Å²) < 4.78 is 1.25. The molecule has 1 N–H and O–H groups in total. The maximum Gasteiger partial charge on any atom is 0.317 e. The minimum absolute atomic E-state index is 0.0829. The zero-order valence-corrected chi connectivity index (χ0v) is 13.2. The summed E-state index contributed by atoms with van der Waals surface area (Å²) in [6.07, 6.45) is 1.75. The molecule has 0 aliphatic rings. The van der Waals surface area contributed by atoms with E-state index in [4.69, 9.17) is 0 Å². The van der Waals surface area contributed by atoms with Crippen molar-refractivity contribution in [2.24, 2.45) is 0 Å². The largest absolute Gasteiger partial charge is 0.334 e. The van der Waals surface area contributed by atoms with Crippen molar-refractivity contribution in [3.63, 3.8) is 0 Å². The summed E-state index contributed by atoms with van der Waals surface area (Å²) in [6, 6.07) is 8.16. The summed E-state index contributed by atoms with van der Waals surface area (Å²) in [4.78, 5) is 17.9. The average Bonchev–Trinajstić information content (AvgIpc) is 3.14. The predicted octanol–water partition coefficient (Wildman–Crippen LogP) is 3.70. The molecule has 4 nitrogen and oxygen atoms in total. The summed E-state index contributed by atoms with van der Waals surface area (Å²) in [5, 5.41) is 9.13. The van der Waals surface area contributed by atoms with E-state index in [0.717, 1.165) is 10.6 Å². The lowest BCUT2D eigenvalue weighted by atomic mass is 10.2. The van der Waals surface area contributed by atoms with Crippen molar-refractivity contribution >= 4 is 38.8 Å². The lowest BCUT2D eigenvalue weighted by Crippen LogP contribution is -2.36. The van der Waals surface area contributed by atoms with Gasteiger partial charge in [-0.05, 0) is 22.4 Å². The summed E-state index contributed by atoms with van der Waals surface area (Å²) in [5.41, 5.74) is 1.16. The Bertz CT molecular complexity index is 736. The molecule has 0 aliphatic carbocycles. The van der Waals surface area contributed by atoms with Crippen molar-refractivity contribution in [2.45, 2.75) is 13.1 Å². The van der Waals surface area contributed by atoms with Gasteiger partial charge in [-0.25, -0.2) is 9.78 Å². The lowest BCUT2D eigenvalue weighted by molar-refractivity contribution is 0.206. The lowest BCUT2D eigenvalue weighted by Gasteiger charge is -2.16. The van der Waals surface area contributed by atoms with E-state index >= 15 is 0 Å². The number of aromatic nitrogens is 1. The van der Waals surface area contributed by atoms with Crippen LogP contribution >= 0.6 is 22.7 Å².